The molecule has 0 spiro atoms. The highest BCUT2D eigenvalue weighted by Gasteiger charge is 2.14. The first kappa shape index (κ1) is 55.3. The number of ether oxygens (including phenoxy) is 4. The summed E-state index contributed by atoms with van der Waals surface area (Å²) in [7, 11) is 0. The van der Waals surface area contributed by atoms with Crippen molar-refractivity contribution < 1.29 is 48.3 Å². The Morgan fingerprint density at radius 1 is 0.345 bits per heavy atom. The highest BCUT2D eigenvalue weighted by molar-refractivity contribution is 5.71. The van der Waals surface area contributed by atoms with E-state index in [2.05, 4.69) is 38.2 Å². The van der Waals surface area contributed by atoms with Crippen LogP contribution in [-0.4, -0.2) is 72.7 Å². The second-order valence-electron chi connectivity index (χ2n) is 15.9. The van der Waals surface area contributed by atoms with E-state index in [0.29, 0.717) is 25.7 Å². The van der Waals surface area contributed by atoms with Crippen LogP contribution >= 0.6 is 0 Å². The summed E-state index contributed by atoms with van der Waals surface area (Å²) in [5, 5.41) is 20.0. The molecule has 0 aliphatic heterocycles. The number of hydrogen-bond donors (Lipinski definition) is 2. The van der Waals surface area contributed by atoms with Crippen LogP contribution in [0.4, 0.5) is 0 Å². The Bertz CT molecular complexity index is 946. The van der Waals surface area contributed by atoms with Gasteiger partial charge in [0.15, 0.2) is 0 Å². The van der Waals surface area contributed by atoms with Gasteiger partial charge < -0.3 is 29.2 Å². The summed E-state index contributed by atoms with van der Waals surface area (Å²) in [6.45, 7) is 3.47. The number of hydrogen-bond acceptors (Lipinski definition) is 10. The maximum Gasteiger partial charge on any atom is 0.305 e. The van der Waals surface area contributed by atoms with Gasteiger partial charge in [-0.3, -0.25) is 19.2 Å². The zero-order valence-electron chi connectivity index (χ0n) is 37.1. The van der Waals surface area contributed by atoms with Crippen LogP contribution in [-0.2, 0) is 38.1 Å². The van der Waals surface area contributed by atoms with Crippen LogP contribution in [0.5, 0.6) is 0 Å². The van der Waals surface area contributed by atoms with Gasteiger partial charge >= 0.3 is 23.9 Å². The number of aliphatic hydroxyl groups excluding tert-OH is 2. The Morgan fingerprint density at radius 3 is 0.810 bits per heavy atom. The second-order valence-corrected chi connectivity index (χ2v) is 15.9. The standard InChI is InChI=1S/C48H86O10/c1-3-5-7-9-11-13-15-17-19-21-23-25-27-29-31-35-45(51)55-39-43(49)41-57-47(53)37-33-34-38-48(54)58-42-44(50)40-56-46(52)36-32-30-28-26-24-22-20-18-16-14-12-10-8-6-4-2/h17-20,43-44,49-50H,3-16,21-42H2,1-2H3/b19-17+,20-18+. The monoisotopic (exact) mass is 823 g/mol. The van der Waals surface area contributed by atoms with Crippen molar-refractivity contribution in [1.29, 1.82) is 0 Å². The third-order valence-electron chi connectivity index (χ3n) is 10.0. The molecule has 10 nitrogen and oxygen atoms in total. The smallest absolute Gasteiger partial charge is 0.305 e. The Kier molecular flexibility index (Phi) is 41.8. The third kappa shape index (κ3) is 42.9. The van der Waals surface area contributed by atoms with Crippen LogP contribution in [0.3, 0.4) is 0 Å². The van der Waals surface area contributed by atoms with Crippen LogP contribution in [0.2, 0.25) is 0 Å². The molecular weight excluding hydrogens is 737 g/mol. The predicted octanol–water partition coefficient (Wildman–Crippen LogP) is 11.5. The lowest BCUT2D eigenvalue weighted by Crippen LogP contribution is -2.25. The zero-order valence-corrected chi connectivity index (χ0v) is 37.1. The minimum absolute atomic E-state index is 0.0601. The largest absolute Gasteiger partial charge is 0.463 e. The topological polar surface area (TPSA) is 146 Å². The number of rotatable bonds is 43. The molecule has 58 heavy (non-hydrogen) atoms. The second kappa shape index (κ2) is 43.8. The molecule has 0 fully saturated rings. The van der Waals surface area contributed by atoms with Crippen LogP contribution in [0.25, 0.3) is 0 Å². The Hall–Kier alpha value is -2.72. The van der Waals surface area contributed by atoms with Crippen LogP contribution in [0, 0.1) is 0 Å². The Labute approximate surface area is 353 Å². The fraction of sp³-hybridized carbons (Fsp3) is 0.833. The lowest BCUT2D eigenvalue weighted by Gasteiger charge is -2.12. The van der Waals surface area contributed by atoms with Crippen molar-refractivity contribution in [3.05, 3.63) is 24.3 Å². The maximum atomic E-state index is 12.0. The number of allylic oxidation sites excluding steroid dienone is 4. The minimum atomic E-state index is -1.10. The molecule has 0 aromatic rings. The maximum absolute atomic E-state index is 12.0. The van der Waals surface area contributed by atoms with Crippen LogP contribution in [0.1, 0.15) is 219 Å². The van der Waals surface area contributed by atoms with Gasteiger partial charge in [-0.1, -0.05) is 141 Å². The summed E-state index contributed by atoms with van der Waals surface area (Å²) in [4.78, 5) is 48.0. The van der Waals surface area contributed by atoms with E-state index < -0.39 is 24.1 Å². The summed E-state index contributed by atoms with van der Waals surface area (Å²) < 4.78 is 20.3. The van der Waals surface area contributed by atoms with Gasteiger partial charge in [-0.25, -0.2) is 0 Å². The zero-order chi connectivity index (χ0) is 42.6. The molecule has 0 aliphatic carbocycles. The number of aliphatic hydroxyl groups is 2. The number of carbonyl (C=O) groups excluding carboxylic acids is 4. The molecule has 0 saturated carbocycles. The highest BCUT2D eigenvalue weighted by atomic mass is 16.6. The molecule has 0 heterocycles. The van der Waals surface area contributed by atoms with Crippen molar-refractivity contribution in [3.8, 4) is 0 Å². The first-order valence-corrected chi connectivity index (χ1v) is 23.6. The lowest BCUT2D eigenvalue weighted by molar-refractivity contribution is -0.154. The average molecular weight is 823 g/mol. The summed E-state index contributed by atoms with van der Waals surface area (Å²) in [6, 6.07) is 0. The highest BCUT2D eigenvalue weighted by Crippen LogP contribution is 2.13. The fourth-order valence-electron chi connectivity index (χ4n) is 6.36. The molecule has 0 bridgehead atoms. The average Bonchev–Trinajstić information content (AvgIpc) is 3.22. The Balaban J connectivity index is 3.63. The first-order valence-electron chi connectivity index (χ1n) is 23.6. The van der Waals surface area contributed by atoms with Gasteiger partial charge in [-0.05, 0) is 77.0 Å². The number of unbranched alkanes of at least 4 members (excludes halogenated alkanes) is 23. The molecule has 0 amide bonds. The molecule has 0 rings (SSSR count). The molecule has 0 aromatic carbocycles. The molecule has 338 valence electrons. The molecule has 2 atom stereocenters. The van der Waals surface area contributed by atoms with Crippen molar-refractivity contribution >= 4 is 23.9 Å². The van der Waals surface area contributed by atoms with Gasteiger partial charge in [0, 0.05) is 25.7 Å². The summed E-state index contributed by atoms with van der Waals surface area (Å²) in [5.74, 6) is -1.78. The van der Waals surface area contributed by atoms with Gasteiger partial charge in [-0.2, -0.15) is 0 Å². The van der Waals surface area contributed by atoms with E-state index in [4.69, 9.17) is 18.9 Å². The van der Waals surface area contributed by atoms with Crippen LogP contribution in [0.15, 0.2) is 24.3 Å². The fourth-order valence-corrected chi connectivity index (χ4v) is 6.36. The summed E-state index contributed by atoms with van der Waals surface area (Å²) >= 11 is 0. The minimum Gasteiger partial charge on any atom is -0.463 e. The molecule has 10 heteroatoms. The van der Waals surface area contributed by atoms with E-state index in [-0.39, 0.29) is 51.2 Å². The van der Waals surface area contributed by atoms with E-state index in [1.165, 1.54) is 103 Å². The van der Waals surface area contributed by atoms with Gasteiger partial charge in [0.25, 0.3) is 0 Å². The lowest BCUT2D eigenvalue weighted by atomic mass is 10.1. The molecule has 2 N–H and O–H groups in total. The molecular formula is C48H86O10. The SMILES string of the molecule is CCCCCCCC/C=C/CCCCCCCC(=O)OCC(O)COC(=O)CCCCC(=O)OCC(O)COC(=O)CCCCCCC/C=C/CCCCCCCC. The van der Waals surface area contributed by atoms with Gasteiger partial charge in [0.2, 0.25) is 0 Å². The van der Waals surface area contributed by atoms with Crippen molar-refractivity contribution in [2.24, 2.45) is 0 Å². The summed E-state index contributed by atoms with van der Waals surface area (Å²) in [5.41, 5.74) is 0. The van der Waals surface area contributed by atoms with Gasteiger partial charge in [-0.15, -0.1) is 0 Å². The normalized spacial score (nSPS) is 12.6. The molecule has 0 radical (unpaired) electrons. The third-order valence-corrected chi connectivity index (χ3v) is 10.0. The van der Waals surface area contributed by atoms with Gasteiger partial charge in [0.05, 0.1) is 0 Å². The quantitative estimate of drug-likeness (QED) is 0.0264. The Morgan fingerprint density at radius 2 is 0.552 bits per heavy atom. The molecule has 0 aliphatic rings. The van der Waals surface area contributed by atoms with Crippen LogP contribution < -0.4 is 0 Å². The number of esters is 4. The predicted molar refractivity (Wildman–Crippen MR) is 233 cm³/mol. The molecule has 2 unspecified atom stereocenters. The van der Waals surface area contributed by atoms with Crippen molar-refractivity contribution in [2.75, 3.05) is 26.4 Å². The molecule has 0 aromatic heterocycles. The van der Waals surface area contributed by atoms with E-state index in [1.54, 1.807) is 0 Å². The van der Waals surface area contributed by atoms with E-state index in [1.807, 2.05) is 0 Å². The van der Waals surface area contributed by atoms with Crippen molar-refractivity contribution in [1.82, 2.24) is 0 Å². The van der Waals surface area contributed by atoms with Crippen molar-refractivity contribution in [2.45, 2.75) is 232 Å². The van der Waals surface area contributed by atoms with E-state index >= 15 is 0 Å². The first-order chi connectivity index (χ1) is 28.3. The molecule has 0 saturated heterocycles. The number of carbonyl (C=O) groups is 4. The summed E-state index contributed by atoms with van der Waals surface area (Å²) in [6.07, 6.45) is 39.3. The van der Waals surface area contributed by atoms with Gasteiger partial charge in [0.1, 0.15) is 38.6 Å². The van der Waals surface area contributed by atoms with E-state index in [9.17, 15) is 29.4 Å². The van der Waals surface area contributed by atoms with E-state index in [0.717, 1.165) is 64.2 Å². The van der Waals surface area contributed by atoms with Crippen molar-refractivity contribution in [3.63, 3.8) is 0 Å².